The number of fused-ring (bicyclic) bond motifs is 1. The molecule has 1 atom stereocenters. The second-order valence-corrected chi connectivity index (χ2v) is 8.52. The molecule has 0 radical (unpaired) electrons. The Morgan fingerprint density at radius 2 is 1.93 bits per heavy atom. The Morgan fingerprint density at radius 3 is 2.77 bits per heavy atom. The average molecular weight is 441 g/mol. The van der Waals surface area contributed by atoms with Gasteiger partial charge in [0.25, 0.3) is 11.8 Å². The lowest BCUT2D eigenvalue weighted by atomic mass is 10.1. The monoisotopic (exact) mass is 440 g/mol. The van der Waals surface area contributed by atoms with Crippen LogP contribution in [0.5, 0.6) is 11.5 Å². The SMILES string of the molecule is CC(OC(=O)c1ccc(-c2ccc3c(c2)OCCO3)s1)c1nnc(-c2cccs2)o1. The molecule has 7 nitrogen and oxygen atoms in total. The molecule has 0 amide bonds. The molecule has 4 heterocycles. The molecule has 9 heteroatoms. The average Bonchev–Trinajstić information content (AvgIpc) is 3.54. The van der Waals surface area contributed by atoms with Crippen molar-refractivity contribution in [3.8, 4) is 32.7 Å². The summed E-state index contributed by atoms with van der Waals surface area (Å²) in [5, 5.41) is 9.95. The molecular weight excluding hydrogens is 424 g/mol. The Bertz CT molecular complexity index is 1180. The second kappa shape index (κ2) is 7.92. The van der Waals surface area contributed by atoms with Gasteiger partial charge in [-0.25, -0.2) is 4.79 Å². The molecule has 1 aromatic carbocycles. The van der Waals surface area contributed by atoms with E-state index in [0.29, 0.717) is 29.7 Å². The second-order valence-electron chi connectivity index (χ2n) is 6.49. The van der Waals surface area contributed by atoms with Crippen molar-refractivity contribution in [3.05, 3.63) is 58.6 Å². The first-order valence-corrected chi connectivity index (χ1v) is 10.9. The molecule has 1 aliphatic rings. The zero-order valence-electron chi connectivity index (χ0n) is 15.9. The van der Waals surface area contributed by atoms with Crippen LogP contribution in [0.3, 0.4) is 0 Å². The van der Waals surface area contributed by atoms with E-state index in [2.05, 4.69) is 10.2 Å². The van der Waals surface area contributed by atoms with E-state index in [1.165, 1.54) is 22.7 Å². The number of nitrogens with zero attached hydrogens (tertiary/aromatic N) is 2. The Kier molecular flexibility index (Phi) is 4.97. The molecule has 0 bridgehead atoms. The molecule has 152 valence electrons. The number of hydrogen-bond acceptors (Lipinski definition) is 9. The summed E-state index contributed by atoms with van der Waals surface area (Å²) in [6.07, 6.45) is -0.654. The molecular formula is C21H16N2O5S2. The van der Waals surface area contributed by atoms with Gasteiger partial charge in [-0.1, -0.05) is 6.07 Å². The summed E-state index contributed by atoms with van der Waals surface area (Å²) in [4.78, 5) is 14.9. The molecule has 0 fully saturated rings. The fraction of sp³-hybridized carbons (Fsp3) is 0.190. The summed E-state index contributed by atoms with van der Waals surface area (Å²) in [7, 11) is 0. The zero-order chi connectivity index (χ0) is 20.5. The number of benzene rings is 1. The quantitative estimate of drug-likeness (QED) is 0.394. The molecule has 0 aliphatic carbocycles. The zero-order valence-corrected chi connectivity index (χ0v) is 17.5. The van der Waals surface area contributed by atoms with Crippen molar-refractivity contribution in [2.75, 3.05) is 13.2 Å². The van der Waals surface area contributed by atoms with E-state index in [1.54, 1.807) is 13.0 Å². The normalized spacial score (nSPS) is 13.8. The van der Waals surface area contributed by atoms with Gasteiger partial charge in [-0.05, 0) is 54.3 Å². The summed E-state index contributed by atoms with van der Waals surface area (Å²) < 4.78 is 22.4. The number of aromatic nitrogens is 2. The van der Waals surface area contributed by atoms with E-state index >= 15 is 0 Å². The van der Waals surface area contributed by atoms with Gasteiger partial charge in [0.2, 0.25) is 0 Å². The number of thiophene rings is 2. The van der Waals surface area contributed by atoms with Gasteiger partial charge in [0.05, 0.1) is 4.88 Å². The van der Waals surface area contributed by atoms with Crippen molar-refractivity contribution in [2.24, 2.45) is 0 Å². The van der Waals surface area contributed by atoms with E-state index in [-0.39, 0.29) is 5.89 Å². The fourth-order valence-corrected chi connectivity index (χ4v) is 4.50. The first-order valence-electron chi connectivity index (χ1n) is 9.25. The van der Waals surface area contributed by atoms with Gasteiger partial charge in [0.15, 0.2) is 17.6 Å². The van der Waals surface area contributed by atoms with Gasteiger partial charge >= 0.3 is 5.97 Å². The van der Waals surface area contributed by atoms with Crippen molar-refractivity contribution >= 4 is 28.6 Å². The third-order valence-electron chi connectivity index (χ3n) is 4.44. The van der Waals surface area contributed by atoms with Crippen LogP contribution in [0.25, 0.3) is 21.2 Å². The molecule has 0 saturated heterocycles. The number of rotatable bonds is 5. The predicted molar refractivity (Wildman–Crippen MR) is 112 cm³/mol. The van der Waals surface area contributed by atoms with Gasteiger partial charge in [-0.2, -0.15) is 0 Å². The summed E-state index contributed by atoms with van der Waals surface area (Å²) in [6, 6.07) is 13.2. The van der Waals surface area contributed by atoms with Crippen molar-refractivity contribution in [1.29, 1.82) is 0 Å². The Labute approximate surface area is 179 Å². The molecule has 0 N–H and O–H groups in total. The Hall–Kier alpha value is -3.17. The van der Waals surface area contributed by atoms with Crippen LogP contribution in [0.15, 0.2) is 52.3 Å². The van der Waals surface area contributed by atoms with E-state index < -0.39 is 12.1 Å². The molecule has 1 aliphatic heterocycles. The van der Waals surface area contributed by atoms with Crippen LogP contribution < -0.4 is 9.47 Å². The van der Waals surface area contributed by atoms with E-state index in [9.17, 15) is 4.79 Å². The predicted octanol–water partition coefficient (Wildman–Crippen LogP) is 5.22. The van der Waals surface area contributed by atoms with E-state index in [1.807, 2.05) is 41.8 Å². The topological polar surface area (TPSA) is 83.7 Å². The molecule has 4 aromatic rings. The number of ether oxygens (including phenoxy) is 3. The molecule has 5 rings (SSSR count). The third-order valence-corrected chi connectivity index (χ3v) is 6.41. The highest BCUT2D eigenvalue weighted by Crippen LogP contribution is 2.37. The minimum atomic E-state index is -0.654. The van der Waals surface area contributed by atoms with Crippen molar-refractivity contribution in [3.63, 3.8) is 0 Å². The van der Waals surface area contributed by atoms with Crippen LogP contribution in [0.2, 0.25) is 0 Å². The van der Waals surface area contributed by atoms with Gasteiger partial charge in [-0.3, -0.25) is 0 Å². The van der Waals surface area contributed by atoms with Crippen molar-refractivity contribution < 1.29 is 23.4 Å². The number of esters is 1. The summed E-state index contributed by atoms with van der Waals surface area (Å²) in [5.41, 5.74) is 0.953. The van der Waals surface area contributed by atoms with Gasteiger partial charge in [0, 0.05) is 4.88 Å². The maximum Gasteiger partial charge on any atom is 0.349 e. The van der Waals surface area contributed by atoms with Crippen LogP contribution >= 0.6 is 22.7 Å². The summed E-state index contributed by atoms with van der Waals surface area (Å²) in [6.45, 7) is 2.79. The Balaban J connectivity index is 1.29. The molecule has 30 heavy (non-hydrogen) atoms. The summed E-state index contributed by atoms with van der Waals surface area (Å²) in [5.74, 6) is 1.68. The molecule has 3 aromatic heterocycles. The van der Waals surface area contributed by atoms with Gasteiger partial charge in [-0.15, -0.1) is 32.9 Å². The lowest BCUT2D eigenvalue weighted by molar-refractivity contribution is 0.0285. The number of carbonyl (C=O) groups excluding carboxylic acids is 1. The lowest BCUT2D eigenvalue weighted by Gasteiger charge is -2.18. The van der Waals surface area contributed by atoms with E-state index in [0.717, 1.165) is 21.1 Å². The van der Waals surface area contributed by atoms with E-state index in [4.69, 9.17) is 18.6 Å². The maximum atomic E-state index is 12.6. The van der Waals surface area contributed by atoms with Crippen LogP contribution in [-0.2, 0) is 4.74 Å². The first kappa shape index (κ1) is 18.8. The van der Waals surface area contributed by atoms with Crippen LogP contribution in [0.4, 0.5) is 0 Å². The van der Waals surface area contributed by atoms with Crippen LogP contribution in [0, 0.1) is 0 Å². The number of hydrogen-bond donors (Lipinski definition) is 0. The first-order chi connectivity index (χ1) is 14.7. The van der Waals surface area contributed by atoms with Crippen LogP contribution in [0.1, 0.15) is 28.6 Å². The van der Waals surface area contributed by atoms with Gasteiger partial charge < -0.3 is 18.6 Å². The molecule has 0 saturated carbocycles. The van der Waals surface area contributed by atoms with Crippen molar-refractivity contribution in [2.45, 2.75) is 13.0 Å². The standard InChI is InChI=1S/C21H16N2O5S2/c1-12(19-22-23-20(28-19)17-3-2-10-29-17)27-21(24)18-7-6-16(30-18)13-4-5-14-15(11-13)26-9-8-25-14/h2-7,10-12H,8-9H2,1H3. The number of carbonyl (C=O) groups is 1. The highest BCUT2D eigenvalue weighted by atomic mass is 32.1. The highest BCUT2D eigenvalue weighted by Gasteiger charge is 2.22. The largest absolute Gasteiger partial charge is 0.486 e. The molecule has 0 spiro atoms. The highest BCUT2D eigenvalue weighted by molar-refractivity contribution is 7.17. The molecule has 1 unspecified atom stereocenters. The minimum Gasteiger partial charge on any atom is -0.486 e. The third kappa shape index (κ3) is 3.69. The smallest absolute Gasteiger partial charge is 0.349 e. The summed E-state index contributed by atoms with van der Waals surface area (Å²) >= 11 is 2.85. The van der Waals surface area contributed by atoms with Gasteiger partial charge in [0.1, 0.15) is 18.1 Å². The maximum absolute atomic E-state index is 12.6. The lowest BCUT2D eigenvalue weighted by Crippen LogP contribution is -2.15. The van der Waals surface area contributed by atoms with Crippen molar-refractivity contribution in [1.82, 2.24) is 10.2 Å². The minimum absolute atomic E-state index is 0.260. The fourth-order valence-electron chi connectivity index (χ4n) is 2.97. The van der Waals surface area contributed by atoms with Crippen LogP contribution in [-0.4, -0.2) is 29.4 Å². The Morgan fingerprint density at radius 1 is 1.07 bits per heavy atom.